The van der Waals surface area contributed by atoms with Crippen molar-refractivity contribution in [3.8, 4) is 0 Å². The van der Waals surface area contributed by atoms with Crippen molar-refractivity contribution in [2.24, 2.45) is 5.41 Å². The van der Waals surface area contributed by atoms with Gasteiger partial charge in [0.1, 0.15) is 0 Å². The molecule has 108 valence electrons. The third-order valence-electron chi connectivity index (χ3n) is 3.21. The maximum atomic E-state index is 11.8. The maximum absolute atomic E-state index is 11.8. The molecule has 0 aromatic heterocycles. The van der Waals surface area contributed by atoms with Crippen LogP contribution in [0.1, 0.15) is 34.6 Å². The van der Waals surface area contributed by atoms with Crippen LogP contribution in [0.4, 0.5) is 0 Å². The van der Waals surface area contributed by atoms with Gasteiger partial charge in [-0.05, 0) is 34.6 Å². The zero-order valence-electron chi connectivity index (χ0n) is 11.6. The first-order chi connectivity index (χ1) is 7.96. The summed E-state index contributed by atoms with van der Waals surface area (Å²) < 4.78 is 31.0. The summed E-state index contributed by atoms with van der Waals surface area (Å²) in [5.74, 6) is -1.24. The Hall–Kier alpha value is -0.660. The van der Waals surface area contributed by atoms with Crippen LogP contribution in [0.5, 0.6) is 0 Å². The molecule has 0 aromatic rings. The smallest absolute Gasteiger partial charge is 0.310 e. The summed E-state index contributed by atoms with van der Waals surface area (Å²) in [6.45, 7) is 8.39. The van der Waals surface area contributed by atoms with Crippen LogP contribution in [0.3, 0.4) is 0 Å². The number of hydrogen-bond acceptors (Lipinski definition) is 4. The van der Waals surface area contributed by atoms with E-state index in [9.17, 15) is 13.2 Å². The summed E-state index contributed by atoms with van der Waals surface area (Å²) in [4.78, 5) is 11.2. The van der Waals surface area contributed by atoms with Crippen molar-refractivity contribution in [2.45, 2.75) is 40.2 Å². The fourth-order valence-electron chi connectivity index (χ4n) is 1.15. The van der Waals surface area contributed by atoms with Crippen LogP contribution in [-0.4, -0.2) is 44.0 Å². The van der Waals surface area contributed by atoms with Gasteiger partial charge >= 0.3 is 5.97 Å². The van der Waals surface area contributed by atoms with Crippen molar-refractivity contribution >= 4 is 16.0 Å². The summed E-state index contributed by atoms with van der Waals surface area (Å²) in [6, 6.07) is 0. The van der Waals surface area contributed by atoms with Crippen molar-refractivity contribution in [1.82, 2.24) is 4.72 Å². The Morgan fingerprint density at radius 3 is 2.17 bits per heavy atom. The normalized spacial score (nSPS) is 13.6. The van der Waals surface area contributed by atoms with E-state index in [4.69, 9.17) is 9.84 Å². The number of carboxylic acid groups (broad SMARTS) is 1. The second-order valence-corrected chi connectivity index (χ2v) is 7.01. The van der Waals surface area contributed by atoms with E-state index in [-0.39, 0.29) is 12.4 Å². The predicted octanol–water partition coefficient (Wildman–Crippen LogP) is 0.832. The topological polar surface area (TPSA) is 92.7 Å². The first kappa shape index (κ1) is 17.3. The molecule has 6 nitrogen and oxygen atoms in total. The quantitative estimate of drug-likeness (QED) is 0.643. The van der Waals surface area contributed by atoms with Gasteiger partial charge in [-0.15, -0.1) is 0 Å². The highest BCUT2D eigenvalue weighted by Gasteiger charge is 2.45. The van der Waals surface area contributed by atoms with E-state index in [1.807, 2.05) is 0 Å². The number of carboxylic acids is 1. The largest absolute Gasteiger partial charge is 0.481 e. The lowest BCUT2D eigenvalue weighted by molar-refractivity contribution is -0.150. The van der Waals surface area contributed by atoms with E-state index in [1.54, 1.807) is 20.8 Å². The summed E-state index contributed by atoms with van der Waals surface area (Å²) in [5, 5.41) is 9.13. The Bertz CT molecular complexity index is 386. The third kappa shape index (κ3) is 4.55. The second-order valence-electron chi connectivity index (χ2n) is 5.17. The SMILES string of the molecule is CCOCCS(=O)(=O)NC(C)(C)C(C)(C)C(=O)O. The highest BCUT2D eigenvalue weighted by Crippen LogP contribution is 2.31. The number of nitrogens with one attached hydrogen (secondary N) is 1. The standard InChI is InChI=1S/C11H23NO5S/c1-6-17-7-8-18(15,16)12-11(4,5)10(2,3)9(13)14/h12H,6-8H2,1-5H3,(H,13,14). The molecule has 0 aromatic carbocycles. The summed E-state index contributed by atoms with van der Waals surface area (Å²) in [7, 11) is -3.57. The molecule has 0 radical (unpaired) electrons. The van der Waals surface area contributed by atoms with Crippen LogP contribution in [0.15, 0.2) is 0 Å². The number of rotatable bonds is 8. The van der Waals surface area contributed by atoms with Crippen molar-refractivity contribution < 1.29 is 23.1 Å². The van der Waals surface area contributed by atoms with E-state index in [2.05, 4.69) is 4.72 Å². The fourth-order valence-corrected chi connectivity index (χ4v) is 2.62. The molecule has 0 fully saturated rings. The molecule has 0 unspecified atom stereocenters. The molecule has 0 heterocycles. The monoisotopic (exact) mass is 281 g/mol. The second kappa shape index (κ2) is 5.99. The van der Waals surface area contributed by atoms with Gasteiger partial charge in [0.2, 0.25) is 10.0 Å². The summed E-state index contributed by atoms with van der Waals surface area (Å²) in [5.41, 5.74) is -2.31. The van der Waals surface area contributed by atoms with Crippen molar-refractivity contribution in [1.29, 1.82) is 0 Å². The molecule has 0 saturated carbocycles. The van der Waals surface area contributed by atoms with Crippen LogP contribution in [0.2, 0.25) is 0 Å². The average Bonchev–Trinajstić information content (AvgIpc) is 2.15. The molecular formula is C11H23NO5S. The Morgan fingerprint density at radius 2 is 1.78 bits per heavy atom. The summed E-state index contributed by atoms with van der Waals surface area (Å²) in [6.07, 6.45) is 0. The van der Waals surface area contributed by atoms with Crippen molar-refractivity contribution in [3.05, 3.63) is 0 Å². The molecule has 0 bridgehead atoms. The van der Waals surface area contributed by atoms with E-state index >= 15 is 0 Å². The molecule has 0 amide bonds. The van der Waals surface area contributed by atoms with Crippen molar-refractivity contribution in [3.63, 3.8) is 0 Å². The van der Waals surface area contributed by atoms with E-state index in [0.717, 1.165) is 0 Å². The highest BCUT2D eigenvalue weighted by atomic mass is 32.2. The number of hydrogen-bond donors (Lipinski definition) is 2. The van der Waals surface area contributed by atoms with Gasteiger partial charge in [-0.1, -0.05) is 0 Å². The summed E-state index contributed by atoms with van der Waals surface area (Å²) >= 11 is 0. The van der Waals surface area contributed by atoms with Gasteiger partial charge in [-0.2, -0.15) is 0 Å². The zero-order valence-corrected chi connectivity index (χ0v) is 12.4. The molecular weight excluding hydrogens is 258 g/mol. The van der Waals surface area contributed by atoms with Crippen LogP contribution < -0.4 is 4.72 Å². The van der Waals surface area contributed by atoms with Gasteiger partial charge in [-0.3, -0.25) is 4.79 Å². The Labute approximate surface area is 109 Å². The Balaban J connectivity index is 4.81. The molecule has 7 heteroatoms. The van der Waals surface area contributed by atoms with Gasteiger partial charge in [0, 0.05) is 12.1 Å². The third-order valence-corrected chi connectivity index (χ3v) is 4.73. The molecule has 18 heavy (non-hydrogen) atoms. The molecule has 0 aliphatic rings. The maximum Gasteiger partial charge on any atom is 0.310 e. The zero-order chi connectivity index (χ0) is 14.6. The molecule has 0 rings (SSSR count). The number of aliphatic carboxylic acids is 1. The first-order valence-electron chi connectivity index (χ1n) is 5.79. The minimum atomic E-state index is -3.57. The van der Waals surface area contributed by atoms with Crippen molar-refractivity contribution in [2.75, 3.05) is 19.0 Å². The average molecular weight is 281 g/mol. The molecule has 0 aliphatic carbocycles. The van der Waals surface area contributed by atoms with Gasteiger partial charge in [0.05, 0.1) is 17.8 Å². The lowest BCUT2D eigenvalue weighted by Crippen LogP contribution is -2.57. The lowest BCUT2D eigenvalue weighted by atomic mass is 9.75. The van der Waals surface area contributed by atoms with Gasteiger partial charge in [0.15, 0.2) is 0 Å². The fraction of sp³-hybridized carbons (Fsp3) is 0.909. The number of ether oxygens (including phenoxy) is 1. The van der Waals surface area contributed by atoms with Crippen LogP contribution in [-0.2, 0) is 19.6 Å². The predicted molar refractivity (Wildman–Crippen MR) is 68.9 cm³/mol. The highest BCUT2D eigenvalue weighted by molar-refractivity contribution is 7.89. The first-order valence-corrected chi connectivity index (χ1v) is 7.44. The van der Waals surface area contributed by atoms with Gasteiger partial charge < -0.3 is 9.84 Å². The van der Waals surface area contributed by atoms with E-state index in [1.165, 1.54) is 13.8 Å². The molecule has 0 spiro atoms. The molecule has 0 aliphatic heterocycles. The number of carbonyl (C=O) groups is 1. The number of sulfonamides is 1. The molecule has 2 N–H and O–H groups in total. The lowest BCUT2D eigenvalue weighted by Gasteiger charge is -2.38. The minimum Gasteiger partial charge on any atom is -0.481 e. The Kier molecular flexibility index (Phi) is 5.77. The van der Waals surface area contributed by atoms with Crippen LogP contribution >= 0.6 is 0 Å². The van der Waals surface area contributed by atoms with Crippen LogP contribution in [0.25, 0.3) is 0 Å². The van der Waals surface area contributed by atoms with E-state index in [0.29, 0.717) is 6.61 Å². The Morgan fingerprint density at radius 1 is 1.28 bits per heavy atom. The molecule has 0 atom stereocenters. The minimum absolute atomic E-state index is 0.0927. The van der Waals surface area contributed by atoms with Gasteiger partial charge in [0.25, 0.3) is 0 Å². The molecule has 0 saturated heterocycles. The van der Waals surface area contributed by atoms with Crippen LogP contribution in [0, 0.1) is 5.41 Å². The van der Waals surface area contributed by atoms with E-state index < -0.39 is 26.9 Å². The van der Waals surface area contributed by atoms with Gasteiger partial charge in [-0.25, -0.2) is 13.1 Å².